The van der Waals surface area contributed by atoms with Crippen LogP contribution in [0.5, 0.6) is 5.75 Å². The van der Waals surface area contributed by atoms with Crippen LogP contribution in [0.3, 0.4) is 0 Å². The topological polar surface area (TPSA) is 103 Å². The lowest BCUT2D eigenvalue weighted by molar-refractivity contribution is -0.137. The summed E-state index contributed by atoms with van der Waals surface area (Å²) in [5, 5.41) is 7.46. The van der Waals surface area contributed by atoms with Gasteiger partial charge in [-0.15, -0.1) is 10.2 Å². The van der Waals surface area contributed by atoms with Crippen molar-refractivity contribution in [1.82, 2.24) is 15.1 Å². The van der Waals surface area contributed by atoms with Crippen LogP contribution in [0, 0.1) is 0 Å². The minimum atomic E-state index is -3.06. The van der Waals surface area contributed by atoms with Crippen molar-refractivity contribution in [2.24, 2.45) is 0 Å². The number of ether oxygens (including phenoxy) is 1. The number of nitrogens with zero attached hydrogens (tertiary/aromatic N) is 3. The van der Waals surface area contributed by atoms with E-state index in [1.165, 1.54) is 6.39 Å². The van der Waals surface area contributed by atoms with Crippen LogP contribution >= 0.6 is 0 Å². The fraction of sp³-hybridized carbons (Fsp3) is 0.500. The maximum absolute atomic E-state index is 12.7. The van der Waals surface area contributed by atoms with Gasteiger partial charge in [0, 0.05) is 17.6 Å². The highest BCUT2D eigenvalue weighted by atomic mass is 32.2. The molecule has 9 heteroatoms. The second-order valence-corrected chi connectivity index (χ2v) is 8.90. The number of hydrogen-bond donors (Lipinski definition) is 0. The van der Waals surface area contributed by atoms with Crippen molar-refractivity contribution in [1.29, 1.82) is 0 Å². The maximum Gasteiger partial charge on any atom is 0.261 e. The molecule has 0 unspecified atom stereocenters. The molecule has 1 aliphatic rings. The Labute approximate surface area is 158 Å². The summed E-state index contributed by atoms with van der Waals surface area (Å²) < 4.78 is 34.4. The Morgan fingerprint density at radius 1 is 1.37 bits per heavy atom. The van der Waals surface area contributed by atoms with Crippen molar-refractivity contribution in [3.05, 3.63) is 30.7 Å². The van der Waals surface area contributed by atoms with Gasteiger partial charge in [-0.05, 0) is 44.0 Å². The van der Waals surface area contributed by atoms with Crippen LogP contribution in [0.15, 0.2) is 35.1 Å². The largest absolute Gasteiger partial charge is 0.484 e. The lowest BCUT2D eigenvalue weighted by Crippen LogP contribution is -2.48. The van der Waals surface area contributed by atoms with Crippen LogP contribution in [-0.4, -0.2) is 59.6 Å². The van der Waals surface area contributed by atoms with E-state index in [-0.39, 0.29) is 36.1 Å². The molecule has 0 spiro atoms. The number of carbonyl (C=O) groups is 1. The molecule has 1 aliphatic heterocycles. The smallest absolute Gasteiger partial charge is 0.261 e. The van der Waals surface area contributed by atoms with Crippen LogP contribution in [0.2, 0.25) is 0 Å². The van der Waals surface area contributed by atoms with Gasteiger partial charge in [0.2, 0.25) is 12.3 Å². The van der Waals surface area contributed by atoms with E-state index < -0.39 is 9.84 Å². The Morgan fingerprint density at radius 2 is 2.11 bits per heavy atom. The van der Waals surface area contributed by atoms with E-state index in [4.69, 9.17) is 9.15 Å². The van der Waals surface area contributed by atoms with Gasteiger partial charge < -0.3 is 14.1 Å². The average Bonchev–Trinajstić information content (AvgIpc) is 3.30. The summed E-state index contributed by atoms with van der Waals surface area (Å²) in [6.07, 6.45) is 2.49. The van der Waals surface area contributed by atoms with E-state index in [0.29, 0.717) is 18.1 Å². The molecule has 0 aliphatic carbocycles. The Hall–Kier alpha value is -2.42. The van der Waals surface area contributed by atoms with Gasteiger partial charge in [-0.25, -0.2) is 8.42 Å². The van der Waals surface area contributed by atoms with Gasteiger partial charge in [-0.3, -0.25) is 4.79 Å². The fourth-order valence-electron chi connectivity index (χ4n) is 3.21. The van der Waals surface area contributed by atoms with Gasteiger partial charge in [-0.1, -0.05) is 6.92 Å². The summed E-state index contributed by atoms with van der Waals surface area (Å²) in [6, 6.07) is 6.66. The van der Waals surface area contributed by atoms with Gasteiger partial charge in [0.05, 0.1) is 11.5 Å². The predicted molar refractivity (Wildman–Crippen MR) is 98.9 cm³/mol. The number of amides is 1. The molecule has 146 valence electrons. The minimum Gasteiger partial charge on any atom is -0.484 e. The number of hydrogen-bond acceptors (Lipinski definition) is 7. The third-order valence-corrected chi connectivity index (χ3v) is 6.53. The Balaban J connectivity index is 1.63. The quantitative estimate of drug-likeness (QED) is 0.708. The van der Waals surface area contributed by atoms with Crippen molar-refractivity contribution in [2.75, 3.05) is 18.1 Å². The highest BCUT2D eigenvalue weighted by Gasteiger charge is 2.36. The average molecular weight is 393 g/mol. The van der Waals surface area contributed by atoms with Crippen molar-refractivity contribution in [3.8, 4) is 17.2 Å². The van der Waals surface area contributed by atoms with Gasteiger partial charge in [0.1, 0.15) is 5.75 Å². The molecule has 3 rings (SSSR count). The van der Waals surface area contributed by atoms with Crippen molar-refractivity contribution in [2.45, 2.75) is 38.8 Å². The Kier molecular flexibility index (Phi) is 5.79. The van der Waals surface area contributed by atoms with E-state index in [1.54, 1.807) is 29.2 Å². The van der Waals surface area contributed by atoms with Crippen LogP contribution in [0.25, 0.3) is 11.5 Å². The van der Waals surface area contributed by atoms with Crippen LogP contribution in [0.4, 0.5) is 0 Å². The molecule has 0 bridgehead atoms. The number of aromatic nitrogens is 2. The van der Waals surface area contributed by atoms with E-state index >= 15 is 0 Å². The zero-order valence-corrected chi connectivity index (χ0v) is 16.2. The van der Waals surface area contributed by atoms with Crippen molar-refractivity contribution >= 4 is 15.7 Å². The second-order valence-electron chi connectivity index (χ2n) is 6.67. The summed E-state index contributed by atoms with van der Waals surface area (Å²) >= 11 is 0. The second kappa shape index (κ2) is 8.08. The first kappa shape index (κ1) is 19.3. The molecule has 27 heavy (non-hydrogen) atoms. The van der Waals surface area contributed by atoms with Gasteiger partial charge in [0.15, 0.2) is 16.4 Å². The van der Waals surface area contributed by atoms with E-state index in [2.05, 4.69) is 10.2 Å². The molecule has 1 saturated heterocycles. The normalized spacial score (nSPS) is 19.6. The summed E-state index contributed by atoms with van der Waals surface area (Å²) in [6.45, 7) is 3.77. The zero-order chi connectivity index (χ0) is 19.4. The fourth-order valence-corrected chi connectivity index (χ4v) is 4.92. The summed E-state index contributed by atoms with van der Waals surface area (Å²) in [7, 11) is -3.06. The molecule has 1 aromatic carbocycles. The SMILES string of the molecule is CC[C@@H](C)N(C(=O)COc1ccc(-c2nnco2)cc1)[C@H]1CCS(=O)(=O)C1. The molecule has 2 aromatic rings. The third-order valence-electron chi connectivity index (χ3n) is 4.78. The third kappa shape index (κ3) is 4.65. The number of rotatable bonds is 7. The van der Waals surface area contributed by atoms with E-state index in [1.807, 2.05) is 13.8 Å². The molecule has 0 N–H and O–H groups in total. The summed E-state index contributed by atoms with van der Waals surface area (Å²) in [5.74, 6) is 0.905. The van der Waals surface area contributed by atoms with Gasteiger partial charge >= 0.3 is 0 Å². The zero-order valence-electron chi connectivity index (χ0n) is 15.4. The lowest BCUT2D eigenvalue weighted by Gasteiger charge is -2.33. The summed E-state index contributed by atoms with van der Waals surface area (Å²) in [4.78, 5) is 14.4. The van der Waals surface area contributed by atoms with Crippen molar-refractivity contribution in [3.63, 3.8) is 0 Å². The molecule has 2 atom stereocenters. The Morgan fingerprint density at radius 3 is 2.67 bits per heavy atom. The Bertz CT molecular complexity index is 865. The molecule has 0 radical (unpaired) electrons. The van der Waals surface area contributed by atoms with Gasteiger partial charge in [0.25, 0.3) is 5.91 Å². The van der Waals surface area contributed by atoms with E-state index in [9.17, 15) is 13.2 Å². The standard InChI is InChI=1S/C18H23N3O5S/c1-3-13(2)21(15-8-9-27(23,24)11-15)17(22)10-25-16-6-4-14(5-7-16)18-20-19-12-26-18/h4-7,12-13,15H,3,8-11H2,1-2H3/t13-,15+/m1/s1. The molecule has 1 amide bonds. The predicted octanol–water partition coefficient (Wildman–Crippen LogP) is 1.93. The highest BCUT2D eigenvalue weighted by Crippen LogP contribution is 2.23. The van der Waals surface area contributed by atoms with E-state index in [0.717, 1.165) is 12.0 Å². The molecule has 1 fully saturated rings. The summed E-state index contributed by atoms with van der Waals surface area (Å²) in [5.41, 5.74) is 0.753. The minimum absolute atomic E-state index is 0.0297. The maximum atomic E-state index is 12.7. The molecule has 8 nitrogen and oxygen atoms in total. The van der Waals surface area contributed by atoms with Crippen molar-refractivity contribution < 1.29 is 22.4 Å². The molecule has 0 saturated carbocycles. The monoisotopic (exact) mass is 393 g/mol. The molecular weight excluding hydrogens is 370 g/mol. The van der Waals surface area contributed by atoms with Crippen LogP contribution < -0.4 is 4.74 Å². The first-order valence-electron chi connectivity index (χ1n) is 8.90. The van der Waals surface area contributed by atoms with Crippen LogP contribution in [0.1, 0.15) is 26.7 Å². The van der Waals surface area contributed by atoms with Gasteiger partial charge in [-0.2, -0.15) is 0 Å². The highest BCUT2D eigenvalue weighted by molar-refractivity contribution is 7.91. The molecule has 2 heterocycles. The van der Waals surface area contributed by atoms with Crippen LogP contribution in [-0.2, 0) is 14.6 Å². The lowest BCUT2D eigenvalue weighted by atomic mass is 10.1. The molecular formula is C18H23N3O5S. The molecule has 1 aromatic heterocycles. The number of benzene rings is 1. The number of sulfone groups is 1. The first-order valence-corrected chi connectivity index (χ1v) is 10.7. The number of carbonyl (C=O) groups excluding carboxylic acids is 1. The first-order chi connectivity index (χ1) is 12.9.